The number of ether oxygens (including phenoxy) is 3. The fraction of sp³-hybridized carbons (Fsp3) is 0.235. The molecule has 0 radical (unpaired) electrons. The number of carbonyl (C=O) groups excluding carboxylic acids is 1. The third-order valence-electron chi connectivity index (χ3n) is 3.04. The summed E-state index contributed by atoms with van der Waals surface area (Å²) in [7, 11) is 3.11. The molecule has 5 nitrogen and oxygen atoms in total. The first-order valence-electron chi connectivity index (χ1n) is 6.88. The second-order valence-corrected chi connectivity index (χ2v) is 4.66. The summed E-state index contributed by atoms with van der Waals surface area (Å²) in [5.41, 5.74) is 0.588. The van der Waals surface area contributed by atoms with Crippen molar-refractivity contribution in [1.29, 1.82) is 0 Å². The maximum Gasteiger partial charge on any atom is 0.265 e. The number of nitrogens with one attached hydrogen (secondary N) is 1. The molecule has 0 aliphatic heterocycles. The van der Waals surface area contributed by atoms with Crippen LogP contribution in [-0.4, -0.2) is 26.2 Å². The number of carbonyl (C=O) groups is 1. The minimum atomic E-state index is -0.625. The molecule has 0 bridgehead atoms. The number of hydrogen-bond donors (Lipinski definition) is 1. The SMILES string of the molecule is COc1cc(NC(=O)[C@@H](C)Oc2ccccc2)cc(OC)c1. The normalized spacial score (nSPS) is 11.4. The number of rotatable bonds is 6. The number of benzene rings is 2. The Morgan fingerprint density at radius 3 is 2.09 bits per heavy atom. The first kappa shape index (κ1) is 15.7. The van der Waals surface area contributed by atoms with Gasteiger partial charge in [0.15, 0.2) is 6.10 Å². The van der Waals surface area contributed by atoms with Crippen LogP contribution in [-0.2, 0) is 4.79 Å². The van der Waals surface area contributed by atoms with E-state index in [1.54, 1.807) is 51.5 Å². The van der Waals surface area contributed by atoms with E-state index in [4.69, 9.17) is 14.2 Å². The molecular weight excluding hydrogens is 282 g/mol. The second-order valence-electron chi connectivity index (χ2n) is 4.66. The van der Waals surface area contributed by atoms with E-state index in [9.17, 15) is 4.79 Å². The van der Waals surface area contributed by atoms with Gasteiger partial charge in [0.25, 0.3) is 5.91 Å². The van der Waals surface area contributed by atoms with Crippen molar-refractivity contribution in [2.24, 2.45) is 0 Å². The van der Waals surface area contributed by atoms with E-state index in [1.807, 2.05) is 18.2 Å². The molecule has 1 atom stereocenters. The second kappa shape index (κ2) is 7.36. The van der Waals surface area contributed by atoms with Crippen molar-refractivity contribution in [3.8, 4) is 17.2 Å². The van der Waals surface area contributed by atoms with Crippen LogP contribution in [0.1, 0.15) is 6.92 Å². The molecule has 0 fully saturated rings. The van der Waals surface area contributed by atoms with Crippen molar-refractivity contribution in [2.45, 2.75) is 13.0 Å². The Hall–Kier alpha value is -2.69. The minimum absolute atomic E-state index is 0.251. The Bertz CT molecular complexity index is 606. The van der Waals surface area contributed by atoms with Crippen LogP contribution in [0.4, 0.5) is 5.69 Å². The fourth-order valence-electron chi connectivity index (χ4n) is 1.88. The zero-order valence-corrected chi connectivity index (χ0v) is 12.8. The van der Waals surface area contributed by atoms with Gasteiger partial charge < -0.3 is 19.5 Å². The van der Waals surface area contributed by atoms with E-state index in [2.05, 4.69) is 5.32 Å². The summed E-state index contributed by atoms with van der Waals surface area (Å²) in [5, 5.41) is 2.79. The summed E-state index contributed by atoms with van der Waals surface area (Å²) in [6, 6.07) is 14.4. The molecule has 2 rings (SSSR count). The van der Waals surface area contributed by atoms with E-state index in [1.165, 1.54) is 0 Å². The van der Waals surface area contributed by atoms with Crippen molar-refractivity contribution < 1.29 is 19.0 Å². The Morgan fingerprint density at radius 2 is 1.55 bits per heavy atom. The first-order chi connectivity index (χ1) is 10.6. The molecule has 5 heteroatoms. The van der Waals surface area contributed by atoms with Gasteiger partial charge >= 0.3 is 0 Å². The number of hydrogen-bond acceptors (Lipinski definition) is 4. The van der Waals surface area contributed by atoms with Crippen LogP contribution in [0.5, 0.6) is 17.2 Å². The van der Waals surface area contributed by atoms with Gasteiger partial charge in [-0.05, 0) is 19.1 Å². The van der Waals surface area contributed by atoms with Crippen LogP contribution in [0.15, 0.2) is 48.5 Å². The molecule has 0 aromatic heterocycles. The average Bonchev–Trinajstić information content (AvgIpc) is 2.55. The highest BCUT2D eigenvalue weighted by molar-refractivity contribution is 5.94. The van der Waals surface area contributed by atoms with Crippen molar-refractivity contribution >= 4 is 11.6 Å². The minimum Gasteiger partial charge on any atom is -0.497 e. The number of para-hydroxylation sites is 1. The number of anilines is 1. The van der Waals surface area contributed by atoms with Gasteiger partial charge in [-0.25, -0.2) is 0 Å². The molecule has 1 amide bonds. The van der Waals surface area contributed by atoms with Gasteiger partial charge in [0.05, 0.1) is 14.2 Å². The molecule has 2 aromatic carbocycles. The van der Waals surface area contributed by atoms with Crippen LogP contribution < -0.4 is 19.5 Å². The highest BCUT2D eigenvalue weighted by Gasteiger charge is 2.15. The van der Waals surface area contributed by atoms with Gasteiger partial charge in [-0.2, -0.15) is 0 Å². The molecule has 1 N–H and O–H groups in total. The van der Waals surface area contributed by atoms with Crippen LogP contribution in [0, 0.1) is 0 Å². The first-order valence-corrected chi connectivity index (χ1v) is 6.88. The third kappa shape index (κ3) is 4.15. The van der Waals surface area contributed by atoms with Crippen molar-refractivity contribution in [3.63, 3.8) is 0 Å². The van der Waals surface area contributed by atoms with E-state index in [0.717, 1.165) is 0 Å². The Morgan fingerprint density at radius 1 is 0.955 bits per heavy atom. The monoisotopic (exact) mass is 301 g/mol. The summed E-state index contributed by atoms with van der Waals surface area (Å²) in [6.45, 7) is 1.69. The number of amides is 1. The topological polar surface area (TPSA) is 56.8 Å². The summed E-state index contributed by atoms with van der Waals surface area (Å²) >= 11 is 0. The Kier molecular flexibility index (Phi) is 5.25. The zero-order valence-electron chi connectivity index (χ0n) is 12.8. The quantitative estimate of drug-likeness (QED) is 0.890. The lowest BCUT2D eigenvalue weighted by molar-refractivity contribution is -0.122. The Balaban J connectivity index is 2.04. The molecule has 0 unspecified atom stereocenters. The summed E-state index contributed by atoms with van der Waals surface area (Å²) in [6.07, 6.45) is -0.625. The molecule has 22 heavy (non-hydrogen) atoms. The van der Waals surface area contributed by atoms with Crippen molar-refractivity contribution in [1.82, 2.24) is 0 Å². The van der Waals surface area contributed by atoms with Gasteiger partial charge in [-0.1, -0.05) is 18.2 Å². The zero-order chi connectivity index (χ0) is 15.9. The van der Waals surface area contributed by atoms with E-state index in [0.29, 0.717) is 22.9 Å². The lowest BCUT2D eigenvalue weighted by Gasteiger charge is -2.15. The smallest absolute Gasteiger partial charge is 0.265 e. The highest BCUT2D eigenvalue weighted by atomic mass is 16.5. The molecule has 2 aromatic rings. The maximum absolute atomic E-state index is 12.2. The van der Waals surface area contributed by atoms with Gasteiger partial charge in [0.2, 0.25) is 0 Å². The molecule has 0 aliphatic rings. The molecule has 116 valence electrons. The molecule has 0 saturated carbocycles. The van der Waals surface area contributed by atoms with Gasteiger partial charge in [-0.15, -0.1) is 0 Å². The molecule has 0 spiro atoms. The predicted octanol–water partition coefficient (Wildman–Crippen LogP) is 3.11. The summed E-state index contributed by atoms with van der Waals surface area (Å²) in [5.74, 6) is 1.60. The van der Waals surface area contributed by atoms with Gasteiger partial charge in [0.1, 0.15) is 17.2 Å². The van der Waals surface area contributed by atoms with Crippen molar-refractivity contribution in [2.75, 3.05) is 19.5 Å². The van der Waals surface area contributed by atoms with Gasteiger partial charge in [0, 0.05) is 23.9 Å². The summed E-state index contributed by atoms with van der Waals surface area (Å²) < 4.78 is 15.9. The van der Waals surface area contributed by atoms with E-state index >= 15 is 0 Å². The van der Waals surface area contributed by atoms with Crippen LogP contribution >= 0.6 is 0 Å². The van der Waals surface area contributed by atoms with Gasteiger partial charge in [-0.3, -0.25) is 4.79 Å². The average molecular weight is 301 g/mol. The number of methoxy groups -OCH3 is 2. The maximum atomic E-state index is 12.2. The molecule has 0 saturated heterocycles. The molecular formula is C17H19NO4. The van der Waals surface area contributed by atoms with Crippen LogP contribution in [0.25, 0.3) is 0 Å². The largest absolute Gasteiger partial charge is 0.497 e. The fourth-order valence-corrected chi connectivity index (χ4v) is 1.88. The molecule has 0 heterocycles. The highest BCUT2D eigenvalue weighted by Crippen LogP contribution is 2.26. The summed E-state index contributed by atoms with van der Waals surface area (Å²) in [4.78, 5) is 12.2. The predicted molar refractivity (Wildman–Crippen MR) is 84.7 cm³/mol. The molecule has 0 aliphatic carbocycles. The lowest BCUT2D eigenvalue weighted by Crippen LogP contribution is -2.30. The Labute approximate surface area is 129 Å². The van der Waals surface area contributed by atoms with Crippen LogP contribution in [0.3, 0.4) is 0 Å². The van der Waals surface area contributed by atoms with Crippen molar-refractivity contribution in [3.05, 3.63) is 48.5 Å². The standard InChI is InChI=1S/C17H19NO4/c1-12(22-14-7-5-4-6-8-14)17(19)18-13-9-15(20-2)11-16(10-13)21-3/h4-12H,1-3H3,(H,18,19)/t12-/m1/s1. The third-order valence-corrected chi connectivity index (χ3v) is 3.04. The van der Waals surface area contributed by atoms with E-state index in [-0.39, 0.29) is 5.91 Å². The van der Waals surface area contributed by atoms with E-state index < -0.39 is 6.10 Å². The lowest BCUT2D eigenvalue weighted by atomic mass is 10.2. The van der Waals surface area contributed by atoms with Crippen LogP contribution in [0.2, 0.25) is 0 Å².